The molecule has 0 aromatic heterocycles. The number of nitrogens with zero attached hydrogens (tertiary/aromatic N) is 1. The molecule has 0 aromatic rings. The number of hydrogen-bond donors (Lipinski definition) is 0. The maximum Gasteiger partial charge on any atom is 0.500 e. The first kappa shape index (κ1) is 23.1. The van der Waals surface area contributed by atoms with Crippen LogP contribution < -0.4 is 0 Å². The van der Waals surface area contributed by atoms with Crippen LogP contribution in [0.1, 0.15) is 71.1 Å². The van der Waals surface area contributed by atoms with E-state index in [4.69, 9.17) is 13.3 Å². The fourth-order valence-corrected chi connectivity index (χ4v) is 4.70. The van der Waals surface area contributed by atoms with Crippen molar-refractivity contribution in [3.63, 3.8) is 0 Å². The Morgan fingerprint density at radius 3 is 1.57 bits per heavy atom. The highest BCUT2D eigenvalue weighted by molar-refractivity contribution is 6.60. The molecule has 23 heavy (non-hydrogen) atoms. The number of unbranched alkanes of at least 4 members (excludes halogenated alkanes) is 8. The monoisotopic (exact) mass is 347 g/mol. The molecule has 0 amide bonds. The predicted molar refractivity (Wildman–Crippen MR) is 101 cm³/mol. The van der Waals surface area contributed by atoms with Crippen LogP contribution >= 0.6 is 0 Å². The van der Waals surface area contributed by atoms with Crippen LogP contribution in [0.15, 0.2) is 0 Å². The third-order valence-corrected chi connectivity index (χ3v) is 7.43. The van der Waals surface area contributed by atoms with Gasteiger partial charge in [-0.15, -0.1) is 0 Å². The summed E-state index contributed by atoms with van der Waals surface area (Å²) in [5, 5.41) is 0. The Kier molecular flexibility index (Phi) is 15.6. The van der Waals surface area contributed by atoms with E-state index in [1.165, 1.54) is 64.3 Å². The quantitative estimate of drug-likeness (QED) is 0.281. The summed E-state index contributed by atoms with van der Waals surface area (Å²) in [5.41, 5.74) is 0. The van der Waals surface area contributed by atoms with Crippen LogP contribution in [0.25, 0.3) is 0 Å². The van der Waals surface area contributed by atoms with Gasteiger partial charge < -0.3 is 18.2 Å². The Labute approximate surface area is 146 Å². The molecular formula is C18H41NO3Si. The van der Waals surface area contributed by atoms with Crippen molar-refractivity contribution in [2.45, 2.75) is 77.2 Å². The van der Waals surface area contributed by atoms with Crippen LogP contribution in [0, 0.1) is 0 Å². The molecule has 5 heteroatoms. The summed E-state index contributed by atoms with van der Waals surface area (Å²) in [6.45, 7) is 4.65. The lowest BCUT2D eigenvalue weighted by molar-refractivity contribution is 0.122. The van der Waals surface area contributed by atoms with Crippen LogP contribution in [0.4, 0.5) is 0 Å². The molecule has 0 atom stereocenters. The lowest BCUT2D eigenvalue weighted by Crippen LogP contribution is -2.42. The predicted octanol–water partition coefficient (Wildman–Crippen LogP) is 4.72. The second-order valence-corrected chi connectivity index (χ2v) is 9.62. The van der Waals surface area contributed by atoms with Crippen LogP contribution in [-0.4, -0.2) is 55.2 Å². The standard InChI is InChI=1S/C18H41NO3Si/c1-6-7-8-9-10-11-12-13-16-19(2)17-14-15-18-23(20-3,21-4)22-5/h6-18H2,1-5H3. The molecule has 0 radical (unpaired) electrons. The van der Waals surface area contributed by atoms with Gasteiger partial charge in [-0.05, 0) is 39.4 Å². The number of rotatable bonds is 17. The molecule has 0 rings (SSSR count). The number of hydrogen-bond acceptors (Lipinski definition) is 4. The van der Waals surface area contributed by atoms with Crippen LogP contribution in [0.2, 0.25) is 6.04 Å². The zero-order valence-corrected chi connectivity index (χ0v) is 17.4. The fourth-order valence-electron chi connectivity index (χ4n) is 2.91. The molecule has 140 valence electrons. The smallest absolute Gasteiger partial charge is 0.377 e. The lowest BCUT2D eigenvalue weighted by Gasteiger charge is -2.24. The van der Waals surface area contributed by atoms with E-state index in [-0.39, 0.29) is 0 Å². The van der Waals surface area contributed by atoms with Gasteiger partial charge in [0.25, 0.3) is 0 Å². The van der Waals surface area contributed by atoms with Crippen molar-refractivity contribution in [3.8, 4) is 0 Å². The van der Waals surface area contributed by atoms with Gasteiger partial charge in [-0.1, -0.05) is 51.9 Å². The van der Waals surface area contributed by atoms with Crippen LogP contribution in [-0.2, 0) is 13.3 Å². The molecule has 0 saturated heterocycles. The Hall–Kier alpha value is 0.0569. The van der Waals surface area contributed by atoms with E-state index in [9.17, 15) is 0 Å². The highest BCUT2D eigenvalue weighted by Crippen LogP contribution is 2.16. The molecule has 4 nitrogen and oxygen atoms in total. The van der Waals surface area contributed by atoms with Gasteiger partial charge >= 0.3 is 8.80 Å². The first-order valence-corrected chi connectivity index (χ1v) is 11.4. The van der Waals surface area contributed by atoms with E-state index in [0.717, 1.165) is 19.0 Å². The van der Waals surface area contributed by atoms with Crippen molar-refractivity contribution < 1.29 is 13.3 Å². The molecule has 0 N–H and O–H groups in total. The fraction of sp³-hybridized carbons (Fsp3) is 1.00. The van der Waals surface area contributed by atoms with Crippen molar-refractivity contribution in [3.05, 3.63) is 0 Å². The molecule has 0 aliphatic rings. The van der Waals surface area contributed by atoms with Crippen LogP contribution in [0.3, 0.4) is 0 Å². The van der Waals surface area contributed by atoms with Gasteiger partial charge in [-0.2, -0.15) is 0 Å². The van der Waals surface area contributed by atoms with Crippen molar-refractivity contribution in [1.29, 1.82) is 0 Å². The molecule has 0 heterocycles. The van der Waals surface area contributed by atoms with Gasteiger partial charge in [0.1, 0.15) is 0 Å². The maximum atomic E-state index is 5.45. The topological polar surface area (TPSA) is 30.9 Å². The molecule has 0 unspecified atom stereocenters. The van der Waals surface area contributed by atoms with Gasteiger partial charge in [0, 0.05) is 27.4 Å². The summed E-state index contributed by atoms with van der Waals surface area (Å²) in [4.78, 5) is 2.45. The van der Waals surface area contributed by atoms with E-state index >= 15 is 0 Å². The van der Waals surface area contributed by atoms with Gasteiger partial charge in [0.15, 0.2) is 0 Å². The molecule has 0 saturated carbocycles. The summed E-state index contributed by atoms with van der Waals surface area (Å²) in [6, 6.07) is 0.905. The highest BCUT2D eigenvalue weighted by Gasteiger charge is 2.36. The Bertz CT molecular complexity index is 242. The first-order valence-electron chi connectivity index (χ1n) is 9.48. The normalized spacial score (nSPS) is 12.3. The van der Waals surface area contributed by atoms with Crippen molar-refractivity contribution in [2.75, 3.05) is 41.5 Å². The second-order valence-electron chi connectivity index (χ2n) is 6.53. The molecular weight excluding hydrogens is 306 g/mol. The molecule has 0 aliphatic heterocycles. The van der Waals surface area contributed by atoms with E-state index in [0.29, 0.717) is 0 Å². The van der Waals surface area contributed by atoms with Crippen LogP contribution in [0.5, 0.6) is 0 Å². The van der Waals surface area contributed by atoms with Gasteiger partial charge in [-0.25, -0.2) is 0 Å². The average molecular weight is 348 g/mol. The Morgan fingerprint density at radius 1 is 0.652 bits per heavy atom. The largest absolute Gasteiger partial charge is 0.500 e. The van der Waals surface area contributed by atoms with Crippen molar-refractivity contribution in [2.24, 2.45) is 0 Å². The summed E-state index contributed by atoms with van der Waals surface area (Å²) in [5.74, 6) is 0. The molecule has 0 aromatic carbocycles. The summed E-state index contributed by atoms with van der Waals surface area (Å²) in [6.07, 6.45) is 13.4. The molecule has 0 aliphatic carbocycles. The van der Waals surface area contributed by atoms with E-state index in [1.54, 1.807) is 21.3 Å². The third kappa shape index (κ3) is 12.1. The van der Waals surface area contributed by atoms with Gasteiger partial charge in [0.2, 0.25) is 0 Å². The van der Waals surface area contributed by atoms with Crippen molar-refractivity contribution >= 4 is 8.80 Å². The highest BCUT2D eigenvalue weighted by atomic mass is 28.4. The first-order chi connectivity index (χ1) is 11.1. The molecule has 0 spiro atoms. The van der Waals surface area contributed by atoms with E-state index in [1.807, 2.05) is 0 Å². The minimum absolute atomic E-state index is 0.905. The maximum absolute atomic E-state index is 5.45. The zero-order valence-electron chi connectivity index (χ0n) is 16.4. The minimum atomic E-state index is -2.36. The summed E-state index contributed by atoms with van der Waals surface area (Å²) in [7, 11) is 4.94. The average Bonchev–Trinajstić information content (AvgIpc) is 2.58. The Balaban J connectivity index is 3.48. The molecule has 0 bridgehead atoms. The SMILES string of the molecule is CCCCCCCCCCN(C)CCCC[Si](OC)(OC)OC. The second kappa shape index (κ2) is 15.6. The van der Waals surface area contributed by atoms with Crippen molar-refractivity contribution in [1.82, 2.24) is 4.90 Å². The van der Waals surface area contributed by atoms with Gasteiger partial charge in [-0.3, -0.25) is 0 Å². The summed E-state index contributed by atoms with van der Waals surface area (Å²) < 4.78 is 16.4. The van der Waals surface area contributed by atoms with E-state index in [2.05, 4.69) is 18.9 Å². The molecule has 0 fully saturated rings. The third-order valence-electron chi connectivity index (χ3n) is 4.60. The lowest BCUT2D eigenvalue weighted by atomic mass is 10.1. The Morgan fingerprint density at radius 2 is 1.09 bits per heavy atom. The minimum Gasteiger partial charge on any atom is -0.377 e. The van der Waals surface area contributed by atoms with E-state index < -0.39 is 8.80 Å². The summed E-state index contributed by atoms with van der Waals surface area (Å²) >= 11 is 0. The zero-order chi connectivity index (χ0) is 17.4. The van der Waals surface area contributed by atoms with Gasteiger partial charge in [0.05, 0.1) is 0 Å².